The van der Waals surface area contributed by atoms with Gasteiger partial charge in [-0.05, 0) is 85.4 Å². The first-order chi connectivity index (χ1) is 18.2. The smallest absolute Gasteiger partial charge is 0.405 e. The average Bonchev–Trinajstić information content (AvgIpc) is 2.87. The van der Waals surface area contributed by atoms with Crippen LogP contribution in [0.5, 0.6) is 5.75 Å². The Kier molecular flexibility index (Phi) is 12.0. The Bertz CT molecular complexity index is 1010. The molecular formula is C28H37F4NO4P+. The Morgan fingerprint density at radius 1 is 0.974 bits per heavy atom. The molecule has 38 heavy (non-hydrogen) atoms. The van der Waals surface area contributed by atoms with Crippen molar-refractivity contribution >= 4 is 8.25 Å². The van der Waals surface area contributed by atoms with Crippen molar-refractivity contribution in [3.63, 3.8) is 0 Å². The summed E-state index contributed by atoms with van der Waals surface area (Å²) in [5.41, 5.74) is 2.44. The zero-order chi connectivity index (χ0) is 27.4. The van der Waals surface area contributed by atoms with Gasteiger partial charge in [0.2, 0.25) is 0 Å². The van der Waals surface area contributed by atoms with Crippen molar-refractivity contribution in [2.24, 2.45) is 0 Å². The number of rotatable bonds is 15. The highest BCUT2D eigenvalue weighted by molar-refractivity contribution is 7.32. The molecule has 10 heteroatoms. The summed E-state index contributed by atoms with van der Waals surface area (Å²) in [6, 6.07) is 11.8. The minimum atomic E-state index is -4.78. The SMILES string of the molecule is O=[P+](O)OCCCNCc1ccc(CCCCCC2(c3ccc(F)cc3)CCCCC2)c(OC(F)(F)F)c1. The Balaban J connectivity index is 1.52. The minimum absolute atomic E-state index is 0.0625. The topological polar surface area (TPSA) is 67.8 Å². The maximum atomic E-state index is 13.5. The summed E-state index contributed by atoms with van der Waals surface area (Å²) >= 11 is 0. The van der Waals surface area contributed by atoms with Crippen LogP contribution in [0.3, 0.4) is 0 Å². The molecule has 1 saturated carbocycles. The standard InChI is InChI=1S/C28H36F4NO4P/c29-25-13-11-24(12-14-25)27(16-5-2-6-17-27)15-4-1-3-8-23-10-9-22(20-26(23)37-28(30,31)32)21-33-18-7-19-36-38(34)35/h9-14,20,33H,1-8,15-19,21H2/p+1. The number of halogens is 4. The number of hydrogen-bond acceptors (Lipinski definition) is 4. The summed E-state index contributed by atoms with van der Waals surface area (Å²) in [5, 5.41) is 3.08. The van der Waals surface area contributed by atoms with Gasteiger partial charge in [0.25, 0.3) is 0 Å². The van der Waals surface area contributed by atoms with E-state index in [0.717, 1.165) is 51.4 Å². The number of unbranched alkanes of at least 4 members (excludes halogenated alkanes) is 2. The molecule has 210 valence electrons. The van der Waals surface area contributed by atoms with Gasteiger partial charge >= 0.3 is 14.6 Å². The number of hydrogen-bond donors (Lipinski definition) is 2. The first-order valence-electron chi connectivity index (χ1n) is 13.3. The second-order valence-electron chi connectivity index (χ2n) is 10.00. The zero-order valence-corrected chi connectivity index (χ0v) is 22.5. The summed E-state index contributed by atoms with van der Waals surface area (Å²) in [5.74, 6) is -0.405. The molecule has 2 aromatic rings. The van der Waals surface area contributed by atoms with E-state index in [1.54, 1.807) is 12.1 Å². The van der Waals surface area contributed by atoms with Crippen LogP contribution in [0, 0.1) is 5.82 Å². The second-order valence-corrected chi connectivity index (χ2v) is 10.7. The maximum absolute atomic E-state index is 13.5. The van der Waals surface area contributed by atoms with Crippen molar-refractivity contribution in [2.45, 2.75) is 89.0 Å². The molecule has 5 nitrogen and oxygen atoms in total. The molecule has 0 bridgehead atoms. The van der Waals surface area contributed by atoms with E-state index in [9.17, 15) is 22.1 Å². The molecular weight excluding hydrogens is 521 g/mol. The third kappa shape index (κ3) is 10.3. The molecule has 0 heterocycles. The van der Waals surface area contributed by atoms with E-state index < -0.39 is 14.6 Å². The van der Waals surface area contributed by atoms with E-state index in [2.05, 4.69) is 14.6 Å². The maximum Gasteiger partial charge on any atom is 0.694 e. The monoisotopic (exact) mass is 558 g/mol. The van der Waals surface area contributed by atoms with Crippen molar-refractivity contribution in [3.05, 3.63) is 65.0 Å². The summed E-state index contributed by atoms with van der Waals surface area (Å²) in [6.45, 7) is 0.941. The number of nitrogens with one attached hydrogen (secondary N) is 1. The molecule has 0 radical (unpaired) electrons. The molecule has 0 aromatic heterocycles. The van der Waals surface area contributed by atoms with Crippen molar-refractivity contribution < 1.29 is 36.3 Å². The highest BCUT2D eigenvalue weighted by atomic mass is 31.1. The zero-order valence-electron chi connectivity index (χ0n) is 21.6. The van der Waals surface area contributed by atoms with Crippen LogP contribution >= 0.6 is 8.25 Å². The van der Waals surface area contributed by atoms with E-state index in [1.165, 1.54) is 30.2 Å². The normalized spacial score (nSPS) is 15.9. The Morgan fingerprint density at radius 3 is 2.39 bits per heavy atom. The summed E-state index contributed by atoms with van der Waals surface area (Å²) in [4.78, 5) is 8.60. The molecule has 1 aliphatic rings. The van der Waals surface area contributed by atoms with Gasteiger partial charge in [0.15, 0.2) is 0 Å². The minimum Gasteiger partial charge on any atom is -0.405 e. The Morgan fingerprint density at radius 2 is 1.71 bits per heavy atom. The fourth-order valence-corrected chi connectivity index (χ4v) is 5.66. The van der Waals surface area contributed by atoms with Crippen LogP contribution in [-0.4, -0.2) is 24.4 Å². The number of alkyl halides is 3. The van der Waals surface area contributed by atoms with Crippen LogP contribution in [-0.2, 0) is 27.5 Å². The average molecular weight is 559 g/mol. The van der Waals surface area contributed by atoms with Gasteiger partial charge in [0.05, 0.1) is 0 Å². The quantitative estimate of drug-likeness (QED) is 0.132. The molecule has 2 aromatic carbocycles. The van der Waals surface area contributed by atoms with Crippen LogP contribution in [0.25, 0.3) is 0 Å². The number of benzene rings is 2. The summed E-state index contributed by atoms with van der Waals surface area (Å²) in [7, 11) is -2.63. The van der Waals surface area contributed by atoms with Gasteiger partial charge in [-0.1, -0.05) is 56.4 Å². The Hall–Kier alpha value is -2.06. The van der Waals surface area contributed by atoms with E-state index in [0.29, 0.717) is 37.1 Å². The lowest BCUT2D eigenvalue weighted by molar-refractivity contribution is -0.274. The fourth-order valence-electron chi connectivity index (χ4n) is 5.38. The van der Waals surface area contributed by atoms with Crippen LogP contribution < -0.4 is 10.1 Å². The number of ether oxygens (including phenoxy) is 1. The van der Waals surface area contributed by atoms with Crippen LogP contribution in [0.2, 0.25) is 0 Å². The first kappa shape index (κ1) is 30.5. The number of aryl methyl sites for hydroxylation is 1. The van der Waals surface area contributed by atoms with E-state index in [-0.39, 0.29) is 23.6 Å². The van der Waals surface area contributed by atoms with E-state index in [1.807, 2.05) is 12.1 Å². The lowest BCUT2D eigenvalue weighted by Crippen LogP contribution is -2.29. The third-order valence-corrected chi connectivity index (χ3v) is 7.66. The van der Waals surface area contributed by atoms with Gasteiger partial charge in [-0.3, -0.25) is 0 Å². The van der Waals surface area contributed by atoms with Gasteiger partial charge in [-0.2, -0.15) is 0 Å². The second kappa shape index (κ2) is 14.9. The van der Waals surface area contributed by atoms with Crippen molar-refractivity contribution in [2.75, 3.05) is 13.2 Å². The van der Waals surface area contributed by atoms with Gasteiger partial charge < -0.3 is 10.1 Å². The van der Waals surface area contributed by atoms with Crippen LogP contribution in [0.4, 0.5) is 17.6 Å². The molecule has 1 fully saturated rings. The molecule has 0 saturated heterocycles. The van der Waals surface area contributed by atoms with Gasteiger partial charge in [-0.25, -0.2) is 4.39 Å². The fraction of sp³-hybridized carbons (Fsp3) is 0.571. The molecule has 3 rings (SSSR count). The molecule has 1 atom stereocenters. The van der Waals surface area contributed by atoms with Gasteiger partial charge in [-0.15, -0.1) is 22.6 Å². The van der Waals surface area contributed by atoms with Gasteiger partial charge in [0.1, 0.15) is 18.2 Å². The lowest BCUT2D eigenvalue weighted by atomic mass is 9.66. The molecule has 2 N–H and O–H groups in total. The van der Waals surface area contributed by atoms with Crippen molar-refractivity contribution in [3.8, 4) is 5.75 Å². The highest BCUT2D eigenvalue weighted by Crippen LogP contribution is 2.43. The lowest BCUT2D eigenvalue weighted by Gasteiger charge is -2.38. The third-order valence-electron chi connectivity index (χ3n) is 7.25. The first-order valence-corrected chi connectivity index (χ1v) is 14.4. The predicted octanol–water partition coefficient (Wildman–Crippen LogP) is 7.88. The van der Waals surface area contributed by atoms with Crippen molar-refractivity contribution in [1.82, 2.24) is 5.32 Å². The van der Waals surface area contributed by atoms with Crippen LogP contribution in [0.1, 0.15) is 80.9 Å². The molecule has 0 amide bonds. The predicted molar refractivity (Wildman–Crippen MR) is 139 cm³/mol. The molecule has 0 spiro atoms. The van der Waals surface area contributed by atoms with Crippen LogP contribution in [0.15, 0.2) is 42.5 Å². The largest absolute Gasteiger partial charge is 0.694 e. The molecule has 1 unspecified atom stereocenters. The van der Waals surface area contributed by atoms with E-state index >= 15 is 0 Å². The van der Waals surface area contributed by atoms with Crippen molar-refractivity contribution in [1.29, 1.82) is 0 Å². The summed E-state index contributed by atoms with van der Waals surface area (Å²) < 4.78 is 72.1. The highest BCUT2D eigenvalue weighted by Gasteiger charge is 2.34. The molecule has 0 aliphatic heterocycles. The molecule has 1 aliphatic carbocycles. The van der Waals surface area contributed by atoms with E-state index in [4.69, 9.17) is 4.89 Å². The summed E-state index contributed by atoms with van der Waals surface area (Å²) in [6.07, 6.45) is 5.52. The van der Waals surface area contributed by atoms with Gasteiger partial charge in [0, 0.05) is 11.1 Å². The Labute approximate surface area is 222 Å².